The topological polar surface area (TPSA) is 13.1 Å². The minimum absolute atomic E-state index is 0.0758. The number of halogens is 3. The first kappa shape index (κ1) is 12.6. The van der Waals surface area contributed by atoms with Crippen molar-refractivity contribution in [2.24, 2.45) is 0 Å². The van der Waals surface area contributed by atoms with E-state index in [1.54, 1.807) is 24.3 Å². The Balaban J connectivity index is 2.20. The van der Waals surface area contributed by atoms with Gasteiger partial charge in [0.2, 0.25) is 0 Å². The molecule has 0 fully saturated rings. The van der Waals surface area contributed by atoms with Crippen LogP contribution in [0.25, 0.3) is 10.9 Å². The average Bonchev–Trinajstić information content (AvgIpc) is 2.69. The van der Waals surface area contributed by atoms with Gasteiger partial charge in [-0.2, -0.15) is 0 Å². The number of hydrogen-bond donors (Lipinski definition) is 0. The van der Waals surface area contributed by atoms with Gasteiger partial charge in [-0.1, -0.05) is 0 Å². The Morgan fingerprint density at radius 3 is 2.29 bits per heavy atom. The molecular weight excluding hydrogens is 298 g/mol. The summed E-state index contributed by atoms with van der Waals surface area (Å²) in [5, 5.41) is -0.234. The number of hydrogen-bond acceptors (Lipinski definition) is 1. The first-order valence-corrected chi connectivity index (χ1v) is 8.64. The molecule has 1 aromatic heterocycles. The van der Waals surface area contributed by atoms with Crippen LogP contribution in [0.2, 0.25) is 0 Å². The third-order valence-electron chi connectivity index (χ3n) is 3.76. The van der Waals surface area contributed by atoms with Crippen LogP contribution < -0.4 is 14.2 Å². The number of aromatic nitrogens is 1. The number of para-hydroxylation sites is 1. The molecule has 6 heteroatoms. The van der Waals surface area contributed by atoms with E-state index in [1.165, 1.54) is 24.3 Å². The molecule has 1 aliphatic heterocycles. The third kappa shape index (κ3) is 1.39. The zero-order valence-electron chi connectivity index (χ0n) is 10.8. The third-order valence-corrected chi connectivity index (χ3v) is 6.88. The molecule has 0 saturated heterocycles. The van der Waals surface area contributed by atoms with E-state index in [9.17, 15) is 0 Å². The standard InChI is InChI=1S/C15H11F3NOP/c16-21(17,18,13-8-2-1-3-9-13)19-11-5-7-12-6-4-10-14(20-21)15(12)19/h1-11H. The Labute approximate surface area is 118 Å². The zero-order chi connectivity index (χ0) is 14.8. The molecule has 2 aromatic carbocycles. The SMILES string of the molecule is F[P-]1(F)(F)(c2ccccc2)Oc2cccc3ccc[n+]1c23. The van der Waals surface area contributed by atoms with Crippen LogP contribution in [-0.4, -0.2) is 0 Å². The molecule has 0 radical (unpaired) electrons. The molecule has 0 N–H and O–H groups in total. The van der Waals surface area contributed by atoms with Crippen LogP contribution in [0.1, 0.15) is 0 Å². The number of pyridine rings is 1. The molecular formula is C15H11F3NOP. The van der Waals surface area contributed by atoms with E-state index in [1.807, 2.05) is 0 Å². The van der Waals surface area contributed by atoms with Gasteiger partial charge in [0.05, 0.1) is 0 Å². The van der Waals surface area contributed by atoms with E-state index in [2.05, 4.69) is 0 Å². The van der Waals surface area contributed by atoms with Gasteiger partial charge in [-0.25, -0.2) is 0 Å². The van der Waals surface area contributed by atoms with E-state index < -0.39 is 12.6 Å². The summed E-state index contributed by atoms with van der Waals surface area (Å²) < 4.78 is 51.8. The van der Waals surface area contributed by atoms with Gasteiger partial charge < -0.3 is 0 Å². The predicted octanol–water partition coefficient (Wildman–Crippen LogP) is 4.27. The van der Waals surface area contributed by atoms with Crippen molar-refractivity contribution in [1.29, 1.82) is 0 Å². The second-order valence-corrected chi connectivity index (χ2v) is 8.56. The van der Waals surface area contributed by atoms with Gasteiger partial charge in [-0.05, 0) is 0 Å². The van der Waals surface area contributed by atoms with Crippen LogP contribution >= 0.6 is 7.25 Å². The molecule has 0 bridgehead atoms. The predicted molar refractivity (Wildman–Crippen MR) is 76.5 cm³/mol. The Hall–Kier alpha value is -2.13. The van der Waals surface area contributed by atoms with Crippen molar-refractivity contribution in [1.82, 2.24) is 0 Å². The average molecular weight is 309 g/mol. The summed E-state index contributed by atoms with van der Waals surface area (Å²) in [5.74, 6) is -0.139. The molecule has 0 saturated carbocycles. The summed E-state index contributed by atoms with van der Waals surface area (Å²) in [6, 6.07) is 14.1. The Bertz CT molecular complexity index is 897. The zero-order valence-corrected chi connectivity index (χ0v) is 11.7. The quantitative estimate of drug-likeness (QED) is 0.612. The first-order chi connectivity index (χ1) is 9.84. The summed E-state index contributed by atoms with van der Waals surface area (Å²) in [7, 11) is -7.86. The van der Waals surface area contributed by atoms with Gasteiger partial charge in [0.1, 0.15) is 0 Å². The van der Waals surface area contributed by atoms with Gasteiger partial charge in [0.15, 0.2) is 0 Å². The summed E-state index contributed by atoms with van der Waals surface area (Å²) in [4.78, 5) is 0. The van der Waals surface area contributed by atoms with E-state index in [-0.39, 0.29) is 11.3 Å². The fourth-order valence-corrected chi connectivity index (χ4v) is 5.52. The first-order valence-electron chi connectivity index (χ1n) is 6.41. The second kappa shape index (κ2) is 3.20. The van der Waals surface area contributed by atoms with Gasteiger partial charge in [-0.3, -0.25) is 0 Å². The number of benzene rings is 2. The number of rotatable bonds is 1. The molecule has 2 nitrogen and oxygen atoms in total. The fraction of sp³-hybridized carbons (Fsp3) is 0. The summed E-state index contributed by atoms with van der Waals surface area (Å²) in [6.45, 7) is 0. The molecule has 2 heterocycles. The molecule has 3 aromatic rings. The van der Waals surface area contributed by atoms with E-state index in [4.69, 9.17) is 4.52 Å². The van der Waals surface area contributed by atoms with Gasteiger partial charge in [0, 0.05) is 0 Å². The van der Waals surface area contributed by atoms with Crippen LogP contribution in [0.3, 0.4) is 0 Å². The van der Waals surface area contributed by atoms with E-state index in [0.29, 0.717) is 9.72 Å². The fourth-order valence-electron chi connectivity index (χ4n) is 2.79. The van der Waals surface area contributed by atoms with Crippen molar-refractivity contribution in [2.45, 2.75) is 0 Å². The van der Waals surface area contributed by atoms with E-state index in [0.717, 1.165) is 18.3 Å². The molecule has 0 spiro atoms. The van der Waals surface area contributed by atoms with Crippen molar-refractivity contribution in [3.8, 4) is 5.75 Å². The van der Waals surface area contributed by atoms with Crippen molar-refractivity contribution in [3.63, 3.8) is 0 Å². The molecule has 0 atom stereocenters. The van der Waals surface area contributed by atoms with Gasteiger partial charge >= 0.3 is 118 Å². The van der Waals surface area contributed by atoms with Crippen LogP contribution in [0.4, 0.5) is 12.6 Å². The minimum atomic E-state index is -7.86. The molecule has 0 aliphatic carbocycles. The second-order valence-electron chi connectivity index (χ2n) is 5.13. The normalized spacial score (nSPS) is 23.4. The van der Waals surface area contributed by atoms with Crippen molar-refractivity contribution >= 4 is 23.5 Å². The Morgan fingerprint density at radius 1 is 0.810 bits per heavy atom. The van der Waals surface area contributed by atoms with Crippen LogP contribution in [0.5, 0.6) is 5.75 Å². The molecule has 1 aliphatic rings. The summed E-state index contributed by atoms with van der Waals surface area (Å²) >= 11 is 0. The van der Waals surface area contributed by atoms with Crippen molar-refractivity contribution < 1.29 is 21.5 Å². The molecule has 4 rings (SSSR count). The van der Waals surface area contributed by atoms with Crippen LogP contribution in [-0.2, 0) is 0 Å². The van der Waals surface area contributed by atoms with Gasteiger partial charge in [0.25, 0.3) is 0 Å². The maximum atomic E-state index is 15.5. The van der Waals surface area contributed by atoms with Gasteiger partial charge in [-0.15, -0.1) is 0 Å². The molecule has 0 amide bonds. The van der Waals surface area contributed by atoms with Crippen LogP contribution in [0.15, 0.2) is 66.9 Å². The van der Waals surface area contributed by atoms with Crippen molar-refractivity contribution in [2.75, 3.05) is 0 Å². The van der Waals surface area contributed by atoms with Crippen LogP contribution in [0, 0.1) is 0 Å². The van der Waals surface area contributed by atoms with E-state index >= 15 is 12.6 Å². The monoisotopic (exact) mass is 309 g/mol. The Kier molecular flexibility index (Phi) is 1.92. The summed E-state index contributed by atoms with van der Waals surface area (Å²) in [6.07, 6.45) is 1.04. The molecule has 0 unspecified atom stereocenters. The van der Waals surface area contributed by atoms with Crippen molar-refractivity contribution in [3.05, 3.63) is 66.9 Å². The molecule has 108 valence electrons. The number of nitrogens with zero attached hydrogens (tertiary/aromatic N) is 1. The molecule has 21 heavy (non-hydrogen) atoms. The Morgan fingerprint density at radius 2 is 1.52 bits per heavy atom. The maximum absolute atomic E-state index is 15.5. The summed E-state index contributed by atoms with van der Waals surface area (Å²) in [5.41, 5.74) is 0.0758.